The van der Waals surface area contributed by atoms with Gasteiger partial charge in [0.15, 0.2) is 0 Å². The Morgan fingerprint density at radius 1 is 1.00 bits per heavy atom. The molecule has 0 aliphatic carbocycles. The van der Waals surface area contributed by atoms with E-state index < -0.39 is 0 Å². The molecule has 0 spiro atoms. The monoisotopic (exact) mass is 413 g/mol. The Hall–Kier alpha value is -1.98. The van der Waals surface area contributed by atoms with Crippen LogP contribution in [0.2, 0.25) is 0 Å². The maximum Gasteiger partial charge on any atom is 0.119 e. The Balaban J connectivity index is 1.65. The fourth-order valence-corrected chi connectivity index (χ4v) is 3.19. The second-order valence-corrected chi connectivity index (χ2v) is 7.23. The van der Waals surface area contributed by atoms with Gasteiger partial charge in [-0.15, -0.1) is 5.10 Å². The van der Waals surface area contributed by atoms with E-state index in [-0.39, 0.29) is 0 Å². The van der Waals surface area contributed by atoms with Crippen molar-refractivity contribution in [1.82, 2.24) is 15.5 Å². The Morgan fingerprint density at radius 2 is 1.81 bits per heavy atom. The van der Waals surface area contributed by atoms with E-state index in [1.54, 1.807) is 6.20 Å². The largest absolute Gasteiger partial charge is 0.494 e. The van der Waals surface area contributed by atoms with Gasteiger partial charge >= 0.3 is 0 Å². The van der Waals surface area contributed by atoms with Crippen molar-refractivity contribution in [2.24, 2.45) is 0 Å². The second kappa shape index (κ2) is 9.64. The van der Waals surface area contributed by atoms with E-state index in [1.165, 1.54) is 19.3 Å². The van der Waals surface area contributed by atoms with E-state index in [1.807, 2.05) is 43.4 Å². The van der Waals surface area contributed by atoms with Gasteiger partial charge in [0.05, 0.1) is 12.8 Å². The van der Waals surface area contributed by atoms with Crippen molar-refractivity contribution in [2.45, 2.75) is 25.7 Å². The maximum atomic E-state index is 5.91. The number of nitrogens with one attached hydrogen (secondary N) is 1. The molecule has 0 saturated heterocycles. The average molecular weight is 414 g/mol. The van der Waals surface area contributed by atoms with Crippen molar-refractivity contribution in [3.63, 3.8) is 0 Å². The number of nitrogens with zero attached hydrogens (tertiary/aromatic N) is 2. The molecule has 0 aliphatic rings. The number of fused-ring (bicyclic) bond motifs is 1. The minimum absolute atomic E-state index is 0.753. The number of unbranched alkanes of at least 4 members (excludes halogenated alkanes) is 3. The number of halogens is 1. The first-order valence-electron chi connectivity index (χ1n) is 9.07. The molecule has 1 aromatic heterocycles. The number of aromatic nitrogens is 2. The molecule has 1 heterocycles. The normalized spacial score (nSPS) is 11.0. The highest BCUT2D eigenvalue weighted by molar-refractivity contribution is 9.10. The summed E-state index contributed by atoms with van der Waals surface area (Å²) in [5, 5.41) is 13.8. The summed E-state index contributed by atoms with van der Waals surface area (Å²) in [6, 6.07) is 14.3. The van der Waals surface area contributed by atoms with Crippen LogP contribution in [0.25, 0.3) is 22.0 Å². The zero-order valence-electron chi connectivity index (χ0n) is 15.0. The highest BCUT2D eigenvalue weighted by Gasteiger charge is 2.07. The van der Waals surface area contributed by atoms with E-state index in [4.69, 9.17) is 4.74 Å². The van der Waals surface area contributed by atoms with Crippen LogP contribution in [0.5, 0.6) is 5.75 Å². The molecule has 3 aromatic rings. The topological polar surface area (TPSA) is 47.0 Å². The molecule has 1 N–H and O–H groups in total. The van der Waals surface area contributed by atoms with Crippen LogP contribution in [-0.4, -0.2) is 30.4 Å². The van der Waals surface area contributed by atoms with Crippen LogP contribution in [0.3, 0.4) is 0 Å². The number of hydrogen-bond acceptors (Lipinski definition) is 4. The van der Waals surface area contributed by atoms with Crippen LogP contribution >= 0.6 is 15.9 Å². The highest BCUT2D eigenvalue weighted by atomic mass is 79.9. The second-order valence-electron chi connectivity index (χ2n) is 6.32. The highest BCUT2D eigenvalue weighted by Crippen LogP contribution is 2.29. The van der Waals surface area contributed by atoms with Crippen molar-refractivity contribution >= 4 is 26.7 Å². The lowest BCUT2D eigenvalue weighted by Crippen LogP contribution is -2.07. The fourth-order valence-electron chi connectivity index (χ4n) is 2.92. The average Bonchev–Trinajstić information content (AvgIpc) is 2.67. The Kier molecular flexibility index (Phi) is 6.97. The number of benzene rings is 2. The minimum atomic E-state index is 0.753. The molecule has 4 nitrogen and oxygen atoms in total. The van der Waals surface area contributed by atoms with Crippen LogP contribution in [-0.2, 0) is 0 Å². The van der Waals surface area contributed by atoms with Crippen molar-refractivity contribution in [2.75, 3.05) is 20.2 Å². The smallest absolute Gasteiger partial charge is 0.119 e. The first-order chi connectivity index (χ1) is 12.8. The summed E-state index contributed by atoms with van der Waals surface area (Å²) in [6.45, 7) is 1.84. The summed E-state index contributed by atoms with van der Waals surface area (Å²) in [5.41, 5.74) is 1.95. The molecular formula is C21H24BrN3O. The van der Waals surface area contributed by atoms with Crippen LogP contribution in [0.4, 0.5) is 0 Å². The van der Waals surface area contributed by atoms with Crippen molar-refractivity contribution in [3.05, 3.63) is 53.1 Å². The number of rotatable bonds is 9. The van der Waals surface area contributed by atoms with Gasteiger partial charge in [0, 0.05) is 20.8 Å². The third kappa shape index (κ3) is 5.02. The van der Waals surface area contributed by atoms with Gasteiger partial charge in [-0.2, -0.15) is 5.10 Å². The van der Waals surface area contributed by atoms with Gasteiger partial charge in [0.25, 0.3) is 0 Å². The lowest BCUT2D eigenvalue weighted by molar-refractivity contribution is 0.305. The molecule has 0 bridgehead atoms. The van der Waals surface area contributed by atoms with Gasteiger partial charge in [0.1, 0.15) is 11.4 Å². The van der Waals surface area contributed by atoms with Crippen molar-refractivity contribution < 1.29 is 4.74 Å². The Morgan fingerprint density at radius 3 is 2.62 bits per heavy atom. The van der Waals surface area contributed by atoms with Crippen LogP contribution in [0.15, 0.2) is 53.1 Å². The zero-order valence-corrected chi connectivity index (χ0v) is 16.6. The van der Waals surface area contributed by atoms with E-state index in [2.05, 4.69) is 37.5 Å². The minimum Gasteiger partial charge on any atom is -0.494 e. The molecule has 0 amide bonds. The van der Waals surface area contributed by atoms with Gasteiger partial charge in [-0.05, 0) is 56.8 Å². The van der Waals surface area contributed by atoms with E-state index in [0.717, 1.165) is 51.8 Å². The molecule has 0 unspecified atom stereocenters. The van der Waals surface area contributed by atoms with Crippen molar-refractivity contribution in [3.8, 4) is 17.0 Å². The van der Waals surface area contributed by atoms with Gasteiger partial charge in [-0.1, -0.05) is 40.9 Å². The number of hydrogen-bond donors (Lipinski definition) is 1. The molecule has 0 saturated carbocycles. The predicted molar refractivity (Wildman–Crippen MR) is 111 cm³/mol. The Bertz CT molecular complexity index is 836. The molecule has 26 heavy (non-hydrogen) atoms. The first-order valence-corrected chi connectivity index (χ1v) is 9.86. The molecule has 136 valence electrons. The van der Waals surface area contributed by atoms with E-state index in [0.29, 0.717) is 0 Å². The maximum absolute atomic E-state index is 5.91. The summed E-state index contributed by atoms with van der Waals surface area (Å²) in [4.78, 5) is 0. The molecule has 0 radical (unpaired) electrons. The van der Waals surface area contributed by atoms with Crippen LogP contribution in [0, 0.1) is 0 Å². The summed E-state index contributed by atoms with van der Waals surface area (Å²) in [5.74, 6) is 0.891. The van der Waals surface area contributed by atoms with Gasteiger partial charge in [-0.3, -0.25) is 0 Å². The van der Waals surface area contributed by atoms with E-state index >= 15 is 0 Å². The Labute approximate surface area is 163 Å². The SMILES string of the molecule is CNCCCCCCOc1ccc2c(-c3ccc(Br)cc3)nncc2c1. The van der Waals surface area contributed by atoms with Gasteiger partial charge in [0.2, 0.25) is 0 Å². The third-order valence-electron chi connectivity index (χ3n) is 4.34. The fraction of sp³-hybridized carbons (Fsp3) is 0.333. The molecule has 0 aliphatic heterocycles. The summed E-state index contributed by atoms with van der Waals surface area (Å²) in [6.07, 6.45) is 6.55. The number of ether oxygens (including phenoxy) is 1. The van der Waals surface area contributed by atoms with Gasteiger partial charge in [-0.25, -0.2) is 0 Å². The first kappa shape index (κ1) is 18.8. The third-order valence-corrected chi connectivity index (χ3v) is 4.87. The van der Waals surface area contributed by atoms with Crippen molar-refractivity contribution in [1.29, 1.82) is 0 Å². The summed E-state index contributed by atoms with van der Waals surface area (Å²) >= 11 is 3.47. The summed E-state index contributed by atoms with van der Waals surface area (Å²) in [7, 11) is 2.00. The van der Waals surface area contributed by atoms with Gasteiger partial charge < -0.3 is 10.1 Å². The standard InChI is InChI=1S/C21H24BrN3O/c1-23-12-4-2-3-5-13-26-19-10-11-20-17(14-19)15-24-25-21(20)16-6-8-18(22)9-7-16/h6-11,14-15,23H,2-5,12-13H2,1H3. The molecule has 0 fully saturated rings. The van der Waals surface area contributed by atoms with Crippen LogP contribution < -0.4 is 10.1 Å². The quantitative estimate of drug-likeness (QED) is 0.488. The lowest BCUT2D eigenvalue weighted by Gasteiger charge is -2.09. The zero-order chi connectivity index (χ0) is 18.2. The predicted octanol–water partition coefficient (Wildman–Crippen LogP) is 5.22. The molecule has 3 rings (SSSR count). The van der Waals surface area contributed by atoms with E-state index in [9.17, 15) is 0 Å². The molecular weight excluding hydrogens is 390 g/mol. The van der Waals surface area contributed by atoms with Crippen LogP contribution in [0.1, 0.15) is 25.7 Å². The molecule has 5 heteroatoms. The lowest BCUT2D eigenvalue weighted by atomic mass is 10.1. The molecule has 2 aromatic carbocycles. The summed E-state index contributed by atoms with van der Waals surface area (Å²) < 4.78 is 6.96. The molecule has 0 atom stereocenters.